The lowest BCUT2D eigenvalue weighted by Crippen LogP contribution is -2.43. The fourth-order valence-electron chi connectivity index (χ4n) is 3.78. The van der Waals surface area contributed by atoms with Gasteiger partial charge in [-0.05, 0) is 49.4 Å². The van der Waals surface area contributed by atoms with Gasteiger partial charge in [-0.1, -0.05) is 11.6 Å². The summed E-state index contributed by atoms with van der Waals surface area (Å²) < 4.78 is 6.09. The quantitative estimate of drug-likeness (QED) is 0.766. The molecule has 0 radical (unpaired) electrons. The summed E-state index contributed by atoms with van der Waals surface area (Å²) in [7, 11) is 0. The van der Waals surface area contributed by atoms with Crippen LogP contribution in [0.15, 0.2) is 18.2 Å². The Kier molecular flexibility index (Phi) is 3.64. The molecule has 1 spiro atoms. The van der Waals surface area contributed by atoms with Crippen molar-refractivity contribution in [1.82, 2.24) is 10.2 Å². The number of benzene rings is 1. The van der Waals surface area contributed by atoms with Crippen LogP contribution in [0.5, 0.6) is 5.75 Å². The number of aliphatic hydroxyl groups is 1. The number of aromatic nitrogens is 2. The molecule has 2 saturated carbocycles. The maximum absolute atomic E-state index is 10.4. The van der Waals surface area contributed by atoms with Crippen molar-refractivity contribution >= 4 is 17.4 Å². The first kappa shape index (κ1) is 16.3. The molecule has 0 bridgehead atoms. The van der Waals surface area contributed by atoms with Crippen molar-refractivity contribution in [3.05, 3.63) is 34.3 Å². The number of nitrogens with one attached hydrogen (secondary N) is 1. The molecule has 1 aromatic heterocycles. The van der Waals surface area contributed by atoms with Crippen molar-refractivity contribution in [2.75, 3.05) is 5.32 Å². The third-order valence-electron chi connectivity index (χ3n) is 5.79. The number of aromatic hydroxyl groups is 1. The van der Waals surface area contributed by atoms with Crippen LogP contribution in [-0.4, -0.2) is 38.2 Å². The van der Waals surface area contributed by atoms with E-state index in [2.05, 4.69) is 15.5 Å². The molecule has 2 aliphatic carbocycles. The van der Waals surface area contributed by atoms with E-state index in [0.717, 1.165) is 43.2 Å². The van der Waals surface area contributed by atoms with Crippen molar-refractivity contribution < 1.29 is 14.9 Å². The highest BCUT2D eigenvalue weighted by atomic mass is 35.5. The van der Waals surface area contributed by atoms with Crippen LogP contribution in [0, 0.1) is 0 Å². The van der Waals surface area contributed by atoms with E-state index in [9.17, 15) is 10.2 Å². The summed E-state index contributed by atoms with van der Waals surface area (Å²) in [5, 5.41) is 32.8. The van der Waals surface area contributed by atoms with Crippen LogP contribution in [0.2, 0.25) is 5.02 Å². The second-order valence-corrected chi connectivity index (χ2v) is 8.00. The molecule has 0 amide bonds. The van der Waals surface area contributed by atoms with Gasteiger partial charge in [-0.2, -0.15) is 0 Å². The lowest BCUT2D eigenvalue weighted by Gasteiger charge is -2.35. The van der Waals surface area contributed by atoms with Crippen molar-refractivity contribution in [2.45, 2.75) is 56.5 Å². The number of aliphatic hydroxyl groups excluding tert-OH is 1. The standard InChI is InChI=1S/C19H20ClN3O3/c20-10-1-2-11(16(25)7-10)17-12-8-19(5-6-19)26-9-13(12)18(23-22-17)21-14-3-4-15(14)24/h1-2,7,14-15,24-25H,3-6,8-9H2,(H,21,23)/t14-,15-/m1/s1. The Hall–Kier alpha value is -1.89. The number of rotatable bonds is 3. The molecule has 0 saturated heterocycles. The zero-order valence-corrected chi connectivity index (χ0v) is 15.0. The second kappa shape index (κ2) is 5.81. The van der Waals surface area contributed by atoms with Gasteiger partial charge in [0.15, 0.2) is 5.82 Å². The van der Waals surface area contributed by atoms with E-state index >= 15 is 0 Å². The van der Waals surface area contributed by atoms with E-state index in [1.165, 1.54) is 6.07 Å². The summed E-state index contributed by atoms with van der Waals surface area (Å²) in [6.45, 7) is 0.470. The number of fused-ring (bicyclic) bond motifs is 1. The molecule has 2 atom stereocenters. The Morgan fingerprint density at radius 2 is 2.04 bits per heavy atom. The predicted molar refractivity (Wildman–Crippen MR) is 97.3 cm³/mol. The number of ether oxygens (including phenoxy) is 1. The zero-order valence-electron chi connectivity index (χ0n) is 14.2. The number of anilines is 1. The third kappa shape index (κ3) is 2.64. The molecule has 26 heavy (non-hydrogen) atoms. The molecule has 6 nitrogen and oxygen atoms in total. The summed E-state index contributed by atoms with van der Waals surface area (Å²) >= 11 is 5.97. The smallest absolute Gasteiger partial charge is 0.154 e. The van der Waals surface area contributed by atoms with Gasteiger partial charge >= 0.3 is 0 Å². The van der Waals surface area contributed by atoms with Crippen LogP contribution < -0.4 is 5.32 Å². The molecule has 3 aliphatic rings. The first-order valence-corrected chi connectivity index (χ1v) is 9.38. The van der Waals surface area contributed by atoms with Gasteiger partial charge in [-0.15, -0.1) is 10.2 Å². The average Bonchev–Trinajstić information content (AvgIpc) is 3.37. The van der Waals surface area contributed by atoms with Gasteiger partial charge in [0.25, 0.3) is 0 Å². The molecule has 1 aliphatic heterocycles. The van der Waals surface area contributed by atoms with Crippen molar-refractivity contribution in [1.29, 1.82) is 0 Å². The van der Waals surface area contributed by atoms with Gasteiger partial charge in [0.2, 0.25) is 0 Å². The van der Waals surface area contributed by atoms with Crippen LogP contribution in [0.4, 0.5) is 5.82 Å². The topological polar surface area (TPSA) is 87.5 Å². The molecule has 0 unspecified atom stereocenters. The highest BCUT2D eigenvalue weighted by Gasteiger charge is 2.48. The van der Waals surface area contributed by atoms with Gasteiger partial charge < -0.3 is 20.3 Å². The van der Waals surface area contributed by atoms with Crippen LogP contribution in [0.25, 0.3) is 11.3 Å². The maximum Gasteiger partial charge on any atom is 0.154 e. The summed E-state index contributed by atoms with van der Waals surface area (Å²) in [6.07, 6.45) is 4.24. The van der Waals surface area contributed by atoms with E-state index in [1.807, 2.05) is 0 Å². The SMILES string of the molecule is Oc1cc(Cl)ccc1-c1nnc(N[C@@H]2CC[C@H]2O)c2c1CC1(CC1)OC2. The number of phenolic OH excluding ortho intramolecular Hbond substituents is 1. The summed E-state index contributed by atoms with van der Waals surface area (Å²) in [5.74, 6) is 0.775. The lowest BCUT2D eigenvalue weighted by molar-refractivity contribution is 0.00814. The Labute approximate surface area is 156 Å². The van der Waals surface area contributed by atoms with E-state index < -0.39 is 0 Å². The number of phenols is 1. The van der Waals surface area contributed by atoms with Crippen LogP contribution in [0.3, 0.4) is 0 Å². The summed E-state index contributed by atoms with van der Waals surface area (Å²) in [4.78, 5) is 0. The molecule has 7 heteroatoms. The molecule has 1 aromatic carbocycles. The summed E-state index contributed by atoms with van der Waals surface area (Å²) in [5.41, 5.74) is 3.27. The highest BCUT2D eigenvalue weighted by Crippen LogP contribution is 2.49. The zero-order chi connectivity index (χ0) is 17.9. The average molecular weight is 374 g/mol. The molecule has 5 rings (SSSR count). The first-order valence-electron chi connectivity index (χ1n) is 9.01. The van der Waals surface area contributed by atoms with Crippen LogP contribution in [-0.2, 0) is 17.8 Å². The van der Waals surface area contributed by atoms with Gasteiger partial charge in [-0.3, -0.25) is 0 Å². The molecule has 136 valence electrons. The van der Waals surface area contributed by atoms with Gasteiger partial charge in [0, 0.05) is 22.6 Å². The maximum atomic E-state index is 10.4. The van der Waals surface area contributed by atoms with Crippen molar-refractivity contribution in [2.24, 2.45) is 0 Å². The van der Waals surface area contributed by atoms with Gasteiger partial charge in [-0.25, -0.2) is 0 Å². The van der Waals surface area contributed by atoms with Crippen LogP contribution in [0.1, 0.15) is 36.8 Å². The lowest BCUT2D eigenvalue weighted by atomic mass is 9.88. The molecule has 2 heterocycles. The molecular weight excluding hydrogens is 354 g/mol. The number of halogens is 1. The highest BCUT2D eigenvalue weighted by molar-refractivity contribution is 6.30. The third-order valence-corrected chi connectivity index (χ3v) is 6.03. The molecule has 2 aromatic rings. The fourth-order valence-corrected chi connectivity index (χ4v) is 3.94. The second-order valence-electron chi connectivity index (χ2n) is 7.56. The minimum atomic E-state index is -0.341. The van der Waals surface area contributed by atoms with E-state index in [-0.39, 0.29) is 23.5 Å². The Morgan fingerprint density at radius 1 is 1.19 bits per heavy atom. The normalized spacial score (nSPS) is 25.5. The monoisotopic (exact) mass is 373 g/mol. The molecular formula is C19H20ClN3O3. The Balaban J connectivity index is 1.59. The number of hydrogen-bond acceptors (Lipinski definition) is 6. The van der Waals surface area contributed by atoms with E-state index in [4.69, 9.17) is 16.3 Å². The minimum absolute atomic E-state index is 0.0139. The predicted octanol–water partition coefficient (Wildman–Crippen LogP) is 3.04. The van der Waals surface area contributed by atoms with Crippen molar-refractivity contribution in [3.8, 4) is 17.0 Å². The van der Waals surface area contributed by atoms with E-state index in [0.29, 0.717) is 28.7 Å². The van der Waals surface area contributed by atoms with Gasteiger partial charge in [0.1, 0.15) is 11.4 Å². The number of hydrogen-bond donors (Lipinski definition) is 3. The fraction of sp³-hybridized carbons (Fsp3) is 0.474. The Morgan fingerprint density at radius 3 is 2.69 bits per heavy atom. The van der Waals surface area contributed by atoms with Crippen molar-refractivity contribution in [3.63, 3.8) is 0 Å². The minimum Gasteiger partial charge on any atom is -0.507 e. The molecule has 2 fully saturated rings. The summed E-state index contributed by atoms with van der Waals surface area (Å²) in [6, 6.07) is 5.06. The van der Waals surface area contributed by atoms with Gasteiger partial charge in [0.05, 0.1) is 24.4 Å². The first-order chi connectivity index (χ1) is 12.5. The largest absolute Gasteiger partial charge is 0.507 e. The molecule has 3 N–H and O–H groups in total. The Bertz CT molecular complexity index is 885. The number of nitrogens with zero attached hydrogens (tertiary/aromatic N) is 2. The van der Waals surface area contributed by atoms with E-state index in [1.54, 1.807) is 12.1 Å². The van der Waals surface area contributed by atoms with Crippen LogP contribution >= 0.6 is 11.6 Å².